The van der Waals surface area contributed by atoms with E-state index in [1.807, 2.05) is 38.0 Å². The number of guanidine groups is 1. The molecule has 0 aromatic carbocycles. The Morgan fingerprint density at radius 1 is 1.58 bits per heavy atom. The Morgan fingerprint density at radius 3 is 2.92 bits per heavy atom. The van der Waals surface area contributed by atoms with Crippen LogP contribution in [0.3, 0.4) is 0 Å². The summed E-state index contributed by atoms with van der Waals surface area (Å²) in [7, 11) is 5.87. The number of aliphatic imine (C=N–C) groups is 1. The molecule has 1 aromatic heterocycles. The van der Waals surface area contributed by atoms with Crippen molar-refractivity contribution in [2.45, 2.75) is 32.5 Å². The van der Waals surface area contributed by atoms with Crippen LogP contribution in [0, 0.1) is 0 Å². The van der Waals surface area contributed by atoms with Crippen molar-refractivity contribution < 1.29 is 4.74 Å². The van der Waals surface area contributed by atoms with Crippen LogP contribution in [0.5, 0.6) is 0 Å². The number of nitrogens with one attached hydrogen (secondary N) is 1. The van der Waals surface area contributed by atoms with Crippen LogP contribution >= 0.6 is 11.6 Å². The van der Waals surface area contributed by atoms with E-state index in [0.29, 0.717) is 12.1 Å². The molecule has 1 aliphatic rings. The zero-order valence-electron chi connectivity index (χ0n) is 15.4. The van der Waals surface area contributed by atoms with Crippen LogP contribution in [0.4, 0.5) is 0 Å². The molecule has 1 saturated heterocycles. The van der Waals surface area contributed by atoms with Gasteiger partial charge in [-0.2, -0.15) is 0 Å². The third-order valence-electron chi connectivity index (χ3n) is 4.59. The van der Waals surface area contributed by atoms with E-state index in [1.165, 1.54) is 0 Å². The van der Waals surface area contributed by atoms with E-state index in [9.17, 15) is 0 Å². The van der Waals surface area contributed by atoms with Crippen LogP contribution in [0.25, 0.3) is 0 Å². The van der Waals surface area contributed by atoms with E-state index in [1.54, 1.807) is 0 Å². The lowest BCUT2D eigenvalue weighted by Gasteiger charge is -2.38. The van der Waals surface area contributed by atoms with Gasteiger partial charge in [0.2, 0.25) is 0 Å². The number of ether oxygens (including phenoxy) is 1. The van der Waals surface area contributed by atoms with Crippen molar-refractivity contribution in [3.8, 4) is 0 Å². The summed E-state index contributed by atoms with van der Waals surface area (Å²) in [5.74, 6) is 0.889. The molecule has 2 atom stereocenters. The van der Waals surface area contributed by atoms with Crippen molar-refractivity contribution in [1.82, 2.24) is 19.7 Å². The number of morpholine rings is 1. The molecular formula is C17H30ClN5O. The topological polar surface area (TPSA) is 45.0 Å². The van der Waals surface area contributed by atoms with Crippen molar-refractivity contribution in [3.05, 3.63) is 23.0 Å². The molecule has 0 spiro atoms. The molecule has 24 heavy (non-hydrogen) atoms. The van der Waals surface area contributed by atoms with Gasteiger partial charge in [-0.05, 0) is 19.9 Å². The lowest BCUT2D eigenvalue weighted by molar-refractivity contribution is -0.0175. The Hall–Kier alpha value is -1.24. The number of nitrogens with zero attached hydrogens (tertiary/aromatic N) is 4. The van der Waals surface area contributed by atoms with E-state index in [4.69, 9.17) is 16.3 Å². The minimum Gasteiger partial charge on any atom is -0.379 e. The molecule has 0 bridgehead atoms. The zero-order valence-corrected chi connectivity index (χ0v) is 16.2. The van der Waals surface area contributed by atoms with Crippen LogP contribution < -0.4 is 5.32 Å². The normalized spacial score (nSPS) is 20.9. The fourth-order valence-corrected chi connectivity index (χ4v) is 3.45. The molecule has 136 valence electrons. The molecule has 0 aliphatic carbocycles. The van der Waals surface area contributed by atoms with Gasteiger partial charge < -0.3 is 19.5 Å². The maximum absolute atomic E-state index is 6.06. The highest BCUT2D eigenvalue weighted by Gasteiger charge is 2.23. The second kappa shape index (κ2) is 8.74. The largest absolute Gasteiger partial charge is 0.379 e. The van der Waals surface area contributed by atoms with Gasteiger partial charge in [0.15, 0.2) is 5.96 Å². The number of aryl methyl sites for hydroxylation is 1. The van der Waals surface area contributed by atoms with Crippen molar-refractivity contribution in [1.29, 1.82) is 0 Å². The zero-order chi connectivity index (χ0) is 17.7. The third-order valence-corrected chi connectivity index (χ3v) is 4.79. The molecule has 6 nitrogen and oxygen atoms in total. The summed E-state index contributed by atoms with van der Waals surface area (Å²) < 4.78 is 7.57. The lowest BCUT2D eigenvalue weighted by Crippen LogP contribution is -2.53. The first kappa shape index (κ1) is 19.1. The highest BCUT2D eigenvalue weighted by molar-refractivity contribution is 6.30. The standard InChI is InChI=1S/C17H30ClN5O/c1-13(23-6-7-24-12-14(23)2)9-20-17(19-3)22(5)11-16-8-15(18)10-21(16)4/h8,10,13-14H,6-7,9,11-12H2,1-5H3,(H,19,20). The van der Waals surface area contributed by atoms with Gasteiger partial charge >= 0.3 is 0 Å². The van der Waals surface area contributed by atoms with E-state index in [0.717, 1.165) is 49.5 Å². The first-order valence-corrected chi connectivity index (χ1v) is 8.86. The van der Waals surface area contributed by atoms with Gasteiger partial charge in [-0.25, -0.2) is 0 Å². The molecule has 0 radical (unpaired) electrons. The Balaban J connectivity index is 1.88. The first-order valence-electron chi connectivity index (χ1n) is 8.48. The van der Waals surface area contributed by atoms with Crippen molar-refractivity contribution >= 4 is 17.6 Å². The number of hydrogen-bond acceptors (Lipinski definition) is 3. The first-order chi connectivity index (χ1) is 11.4. The van der Waals surface area contributed by atoms with Gasteiger partial charge in [0.25, 0.3) is 0 Å². The summed E-state index contributed by atoms with van der Waals surface area (Å²) in [4.78, 5) is 9.00. The minimum atomic E-state index is 0.429. The molecule has 1 N–H and O–H groups in total. The van der Waals surface area contributed by atoms with E-state index in [-0.39, 0.29) is 0 Å². The Labute approximate surface area is 150 Å². The average Bonchev–Trinajstić information content (AvgIpc) is 2.85. The summed E-state index contributed by atoms with van der Waals surface area (Å²) in [5.41, 5.74) is 1.15. The second-order valence-electron chi connectivity index (χ2n) is 6.56. The monoisotopic (exact) mass is 355 g/mol. The van der Waals surface area contributed by atoms with Crippen LogP contribution in [-0.2, 0) is 18.3 Å². The number of rotatable bonds is 5. The fourth-order valence-electron chi connectivity index (χ4n) is 3.18. The van der Waals surface area contributed by atoms with Crippen molar-refractivity contribution in [3.63, 3.8) is 0 Å². The van der Waals surface area contributed by atoms with E-state index >= 15 is 0 Å². The highest BCUT2D eigenvalue weighted by Crippen LogP contribution is 2.14. The van der Waals surface area contributed by atoms with Gasteiger partial charge in [0.1, 0.15) is 0 Å². The smallest absolute Gasteiger partial charge is 0.193 e. The van der Waals surface area contributed by atoms with Crippen LogP contribution in [0.15, 0.2) is 17.3 Å². The Morgan fingerprint density at radius 2 is 2.33 bits per heavy atom. The maximum Gasteiger partial charge on any atom is 0.193 e. The van der Waals surface area contributed by atoms with Crippen molar-refractivity contribution in [2.75, 3.05) is 40.4 Å². The molecule has 1 aromatic rings. The minimum absolute atomic E-state index is 0.429. The molecule has 0 amide bonds. The highest BCUT2D eigenvalue weighted by atomic mass is 35.5. The number of aromatic nitrogens is 1. The SMILES string of the molecule is CN=C(NCC(C)N1CCOCC1C)N(C)Cc1cc(Cl)cn1C. The molecule has 7 heteroatoms. The van der Waals surface area contributed by atoms with Gasteiger partial charge in [0, 0.05) is 58.2 Å². The molecule has 2 unspecified atom stereocenters. The summed E-state index contributed by atoms with van der Waals surface area (Å²) in [5, 5.41) is 4.25. The lowest BCUT2D eigenvalue weighted by atomic mass is 10.2. The average molecular weight is 356 g/mol. The van der Waals surface area contributed by atoms with Gasteiger partial charge in [-0.1, -0.05) is 11.6 Å². The maximum atomic E-state index is 6.06. The molecule has 0 saturated carbocycles. The Kier molecular flexibility index (Phi) is 6.95. The predicted molar refractivity (Wildman–Crippen MR) is 99.7 cm³/mol. The Bertz CT molecular complexity index is 559. The van der Waals surface area contributed by atoms with Gasteiger partial charge in [0.05, 0.1) is 24.8 Å². The van der Waals surface area contributed by atoms with Crippen molar-refractivity contribution in [2.24, 2.45) is 12.0 Å². The van der Waals surface area contributed by atoms with Crippen LogP contribution in [0.2, 0.25) is 5.02 Å². The summed E-state index contributed by atoms with van der Waals surface area (Å²) in [6.45, 7) is 8.69. The number of hydrogen-bond donors (Lipinski definition) is 1. The van der Waals surface area contributed by atoms with Crippen LogP contribution in [-0.4, -0.2) is 72.8 Å². The molecule has 2 rings (SSSR count). The van der Waals surface area contributed by atoms with Crippen LogP contribution in [0.1, 0.15) is 19.5 Å². The summed E-state index contributed by atoms with van der Waals surface area (Å²) in [6.07, 6.45) is 1.92. The second-order valence-corrected chi connectivity index (χ2v) is 6.99. The molecule has 1 aliphatic heterocycles. The molecular weight excluding hydrogens is 326 g/mol. The van der Waals surface area contributed by atoms with Gasteiger partial charge in [-0.3, -0.25) is 9.89 Å². The summed E-state index contributed by atoms with van der Waals surface area (Å²) in [6, 6.07) is 2.88. The fraction of sp³-hybridized carbons (Fsp3) is 0.706. The van der Waals surface area contributed by atoms with E-state index < -0.39 is 0 Å². The number of halogens is 1. The predicted octanol–water partition coefficient (Wildman–Crippen LogP) is 1.79. The third kappa shape index (κ3) is 4.88. The van der Waals surface area contributed by atoms with Gasteiger partial charge in [-0.15, -0.1) is 0 Å². The quantitative estimate of drug-likeness (QED) is 0.646. The summed E-state index contributed by atoms with van der Waals surface area (Å²) >= 11 is 6.06. The van der Waals surface area contributed by atoms with E-state index in [2.05, 4.69) is 34.0 Å². The molecule has 1 fully saturated rings. The molecule has 2 heterocycles.